The maximum atomic E-state index is 11.6. The van der Waals surface area contributed by atoms with E-state index in [-0.39, 0.29) is 18.9 Å². The second kappa shape index (κ2) is 9.76. The second-order valence-electron chi connectivity index (χ2n) is 8.70. The van der Waals surface area contributed by atoms with Crippen molar-refractivity contribution in [2.24, 2.45) is 0 Å². The Balaban J connectivity index is 1.56. The molecule has 7 heteroatoms. The minimum atomic E-state index is -0.922. The number of ether oxygens (including phenoxy) is 1. The third kappa shape index (κ3) is 4.79. The minimum absolute atomic E-state index is 0.145. The summed E-state index contributed by atoms with van der Waals surface area (Å²) in [4.78, 5) is 11.6. The van der Waals surface area contributed by atoms with Crippen LogP contribution in [0.4, 0.5) is 0 Å². The lowest BCUT2D eigenvalue weighted by Gasteiger charge is -2.17. The molecule has 1 saturated carbocycles. The predicted molar refractivity (Wildman–Crippen MR) is 136 cm³/mol. The van der Waals surface area contributed by atoms with Crippen molar-refractivity contribution in [3.05, 3.63) is 93.2 Å². The van der Waals surface area contributed by atoms with Crippen LogP contribution >= 0.6 is 23.2 Å². The summed E-state index contributed by atoms with van der Waals surface area (Å²) in [7, 11) is 0. The van der Waals surface area contributed by atoms with E-state index in [1.54, 1.807) is 18.2 Å². The van der Waals surface area contributed by atoms with Gasteiger partial charge in [-0.05, 0) is 48.6 Å². The number of hydrogen-bond donors (Lipinski definition) is 1. The molecule has 0 unspecified atom stereocenters. The van der Waals surface area contributed by atoms with Crippen molar-refractivity contribution < 1.29 is 19.2 Å². The van der Waals surface area contributed by atoms with Crippen molar-refractivity contribution in [3.63, 3.8) is 0 Å². The number of benzene rings is 3. The van der Waals surface area contributed by atoms with E-state index in [2.05, 4.69) is 5.16 Å². The van der Waals surface area contributed by atoms with Crippen LogP contribution in [0.25, 0.3) is 22.4 Å². The molecule has 1 N–H and O–H groups in total. The lowest BCUT2D eigenvalue weighted by atomic mass is 9.96. The highest BCUT2D eigenvalue weighted by Gasteiger charge is 2.34. The van der Waals surface area contributed by atoms with Crippen molar-refractivity contribution in [2.75, 3.05) is 0 Å². The van der Waals surface area contributed by atoms with Crippen molar-refractivity contribution in [3.8, 4) is 28.1 Å². The Morgan fingerprint density at radius 3 is 2.43 bits per heavy atom. The van der Waals surface area contributed by atoms with Crippen LogP contribution in [0.5, 0.6) is 5.75 Å². The first kappa shape index (κ1) is 23.5. The van der Waals surface area contributed by atoms with Gasteiger partial charge in [0.2, 0.25) is 0 Å². The standard InChI is InChI=1S/C28H23Cl2NO4/c1-16-20(17-6-3-2-4-7-17)13-12-19(14-24(32)33)27(16)34-15-21-26(31-35-28(21)18-10-11-18)25-22(29)8-5-9-23(25)30/h2-9,12-13,18H,10-11,14-15H2,1H3,(H,32,33). The normalized spacial score (nSPS) is 13.1. The molecule has 1 aromatic heterocycles. The zero-order chi connectivity index (χ0) is 24.5. The fourth-order valence-electron chi connectivity index (χ4n) is 4.37. The third-order valence-electron chi connectivity index (χ3n) is 6.24. The lowest BCUT2D eigenvalue weighted by Crippen LogP contribution is -2.07. The average molecular weight is 508 g/mol. The van der Waals surface area contributed by atoms with Crippen LogP contribution in [0.1, 0.15) is 41.2 Å². The lowest BCUT2D eigenvalue weighted by molar-refractivity contribution is -0.136. The first-order valence-electron chi connectivity index (χ1n) is 11.4. The average Bonchev–Trinajstić information content (AvgIpc) is 3.60. The zero-order valence-corrected chi connectivity index (χ0v) is 20.6. The molecule has 0 amide bonds. The molecule has 4 aromatic rings. The topological polar surface area (TPSA) is 72.6 Å². The van der Waals surface area contributed by atoms with Crippen LogP contribution in [0.2, 0.25) is 10.0 Å². The summed E-state index contributed by atoms with van der Waals surface area (Å²) in [6, 6.07) is 19.0. The van der Waals surface area contributed by atoms with Gasteiger partial charge in [-0.15, -0.1) is 0 Å². The Morgan fingerprint density at radius 2 is 1.77 bits per heavy atom. The number of nitrogens with zero attached hydrogens (tertiary/aromatic N) is 1. The number of carboxylic acids is 1. The molecule has 1 aliphatic carbocycles. The molecule has 1 heterocycles. The third-order valence-corrected chi connectivity index (χ3v) is 6.87. The summed E-state index contributed by atoms with van der Waals surface area (Å²) in [5.74, 6) is 0.681. The molecule has 0 spiro atoms. The van der Waals surface area contributed by atoms with Gasteiger partial charge < -0.3 is 14.4 Å². The van der Waals surface area contributed by atoms with Gasteiger partial charge in [0.1, 0.15) is 23.8 Å². The largest absolute Gasteiger partial charge is 0.488 e. The number of aromatic nitrogens is 1. The summed E-state index contributed by atoms with van der Waals surface area (Å²) in [5, 5.41) is 14.8. The van der Waals surface area contributed by atoms with Crippen LogP contribution in [0.15, 0.2) is 65.2 Å². The fraction of sp³-hybridized carbons (Fsp3) is 0.214. The van der Waals surface area contributed by atoms with E-state index in [9.17, 15) is 9.90 Å². The van der Waals surface area contributed by atoms with Crippen LogP contribution < -0.4 is 4.74 Å². The Morgan fingerprint density at radius 1 is 1.06 bits per heavy atom. The number of carbonyl (C=O) groups is 1. The smallest absolute Gasteiger partial charge is 0.307 e. The summed E-state index contributed by atoms with van der Waals surface area (Å²) < 4.78 is 12.1. The van der Waals surface area contributed by atoms with E-state index in [0.717, 1.165) is 40.9 Å². The first-order valence-corrected chi connectivity index (χ1v) is 12.1. The quantitative estimate of drug-likeness (QED) is 0.264. The molecule has 0 radical (unpaired) electrons. The summed E-state index contributed by atoms with van der Waals surface area (Å²) in [6.07, 6.45) is 1.89. The van der Waals surface area contributed by atoms with Crippen molar-refractivity contribution in [2.45, 2.75) is 38.7 Å². The molecule has 0 bridgehead atoms. The molecule has 35 heavy (non-hydrogen) atoms. The van der Waals surface area contributed by atoms with Gasteiger partial charge in [0.25, 0.3) is 0 Å². The van der Waals surface area contributed by atoms with Gasteiger partial charge >= 0.3 is 5.97 Å². The first-order chi connectivity index (χ1) is 16.9. The zero-order valence-electron chi connectivity index (χ0n) is 19.1. The van der Waals surface area contributed by atoms with Gasteiger partial charge in [-0.25, -0.2) is 0 Å². The molecule has 0 atom stereocenters. The van der Waals surface area contributed by atoms with Gasteiger partial charge in [0.15, 0.2) is 0 Å². The fourth-order valence-corrected chi connectivity index (χ4v) is 4.95. The molecule has 5 rings (SSSR count). The van der Waals surface area contributed by atoms with E-state index >= 15 is 0 Å². The highest BCUT2D eigenvalue weighted by molar-refractivity contribution is 6.39. The van der Waals surface area contributed by atoms with Crippen LogP contribution in [-0.2, 0) is 17.8 Å². The summed E-state index contributed by atoms with van der Waals surface area (Å²) in [6.45, 7) is 2.10. The maximum Gasteiger partial charge on any atom is 0.307 e. The number of carboxylic acid groups (broad SMARTS) is 1. The Labute approximate surface area is 213 Å². The minimum Gasteiger partial charge on any atom is -0.488 e. The van der Waals surface area contributed by atoms with Crippen LogP contribution in [0.3, 0.4) is 0 Å². The number of hydrogen-bond acceptors (Lipinski definition) is 4. The van der Waals surface area contributed by atoms with Gasteiger partial charge in [0.05, 0.1) is 22.0 Å². The van der Waals surface area contributed by atoms with E-state index in [1.807, 2.05) is 49.4 Å². The Hall–Kier alpha value is -3.28. The SMILES string of the molecule is Cc1c(-c2ccccc2)ccc(CC(=O)O)c1OCc1c(-c2c(Cl)cccc2Cl)noc1C1CC1. The van der Waals surface area contributed by atoms with Gasteiger partial charge in [-0.3, -0.25) is 4.79 Å². The van der Waals surface area contributed by atoms with E-state index < -0.39 is 5.97 Å². The molecular formula is C28H23Cl2NO4. The van der Waals surface area contributed by atoms with Crippen LogP contribution in [0, 0.1) is 6.92 Å². The molecule has 1 fully saturated rings. The molecule has 1 aliphatic rings. The van der Waals surface area contributed by atoms with Gasteiger partial charge in [-0.2, -0.15) is 0 Å². The summed E-state index contributed by atoms with van der Waals surface area (Å²) in [5.41, 5.74) is 5.44. The van der Waals surface area contributed by atoms with E-state index in [1.165, 1.54) is 0 Å². The Bertz CT molecular complexity index is 1370. The highest BCUT2D eigenvalue weighted by atomic mass is 35.5. The van der Waals surface area contributed by atoms with Crippen molar-refractivity contribution in [1.29, 1.82) is 0 Å². The second-order valence-corrected chi connectivity index (χ2v) is 9.51. The molecule has 178 valence electrons. The molecule has 3 aromatic carbocycles. The molecule has 0 saturated heterocycles. The number of halogens is 2. The summed E-state index contributed by atoms with van der Waals surface area (Å²) >= 11 is 13.0. The molecular weight excluding hydrogens is 485 g/mol. The number of aliphatic carboxylic acids is 1. The van der Waals surface area contributed by atoms with Crippen molar-refractivity contribution in [1.82, 2.24) is 5.16 Å². The Kier molecular flexibility index (Phi) is 6.54. The van der Waals surface area contributed by atoms with Crippen molar-refractivity contribution >= 4 is 29.2 Å². The maximum absolute atomic E-state index is 11.6. The van der Waals surface area contributed by atoms with E-state index in [4.69, 9.17) is 32.5 Å². The monoisotopic (exact) mass is 507 g/mol. The highest BCUT2D eigenvalue weighted by Crippen LogP contribution is 2.46. The van der Waals surface area contributed by atoms with Gasteiger partial charge in [0, 0.05) is 17.0 Å². The molecule has 5 nitrogen and oxygen atoms in total. The molecule has 0 aliphatic heterocycles. The predicted octanol–water partition coefficient (Wildman–Crippen LogP) is 7.71. The van der Waals surface area contributed by atoms with Gasteiger partial charge in [-0.1, -0.05) is 76.9 Å². The van der Waals surface area contributed by atoms with E-state index in [0.29, 0.717) is 32.6 Å². The number of rotatable bonds is 8. The van der Waals surface area contributed by atoms with Crippen LogP contribution in [-0.4, -0.2) is 16.2 Å².